The molecule has 0 atom stereocenters. The third-order valence-electron chi connectivity index (χ3n) is 2.05. The van der Waals surface area contributed by atoms with Crippen molar-refractivity contribution in [1.29, 1.82) is 0 Å². The fourth-order valence-corrected chi connectivity index (χ4v) is 4.78. The van der Waals surface area contributed by atoms with Crippen molar-refractivity contribution in [3.63, 3.8) is 0 Å². The molecule has 1 heterocycles. The highest BCUT2D eigenvalue weighted by atomic mass is 79.9. The molecule has 0 unspecified atom stereocenters. The normalized spacial score (nSPS) is 12.4. The summed E-state index contributed by atoms with van der Waals surface area (Å²) in [6, 6.07) is 1.37. The SMILES string of the molecule is CC(C)(C)NC(=O)CCNS(=O)(=O)c1cc(Cl)c(Br)s1. The highest BCUT2D eigenvalue weighted by Gasteiger charge is 2.19. The Morgan fingerprint density at radius 2 is 2.05 bits per heavy atom. The topological polar surface area (TPSA) is 75.3 Å². The van der Waals surface area contributed by atoms with E-state index in [1.54, 1.807) is 0 Å². The van der Waals surface area contributed by atoms with Gasteiger partial charge in [-0.15, -0.1) is 11.3 Å². The molecule has 1 aromatic rings. The van der Waals surface area contributed by atoms with Gasteiger partial charge in [-0.2, -0.15) is 0 Å². The summed E-state index contributed by atoms with van der Waals surface area (Å²) in [4.78, 5) is 11.6. The Morgan fingerprint density at radius 1 is 1.45 bits per heavy atom. The minimum Gasteiger partial charge on any atom is -0.351 e. The number of carbonyl (C=O) groups is 1. The smallest absolute Gasteiger partial charge is 0.250 e. The minimum atomic E-state index is -3.63. The Bertz CT molecular complexity index is 574. The average Bonchev–Trinajstić information content (AvgIpc) is 2.57. The molecular formula is C11H16BrClN2O3S2. The van der Waals surface area contributed by atoms with Crippen LogP contribution in [0.25, 0.3) is 0 Å². The number of amides is 1. The number of sulfonamides is 1. The zero-order valence-electron chi connectivity index (χ0n) is 11.3. The predicted octanol–water partition coefficient (Wildman–Crippen LogP) is 2.75. The van der Waals surface area contributed by atoms with Gasteiger partial charge in [0.1, 0.15) is 4.21 Å². The Balaban J connectivity index is 2.55. The Morgan fingerprint density at radius 3 is 2.50 bits per heavy atom. The minimum absolute atomic E-state index is 0.0391. The molecule has 0 bridgehead atoms. The molecule has 1 rings (SSSR count). The molecule has 0 aromatic carbocycles. The largest absolute Gasteiger partial charge is 0.351 e. The van der Waals surface area contributed by atoms with Gasteiger partial charge in [-0.3, -0.25) is 4.79 Å². The molecule has 0 radical (unpaired) electrons. The number of carbonyl (C=O) groups excluding carboxylic acids is 1. The number of thiophene rings is 1. The molecule has 1 amide bonds. The summed E-state index contributed by atoms with van der Waals surface area (Å²) in [5.74, 6) is -0.203. The van der Waals surface area contributed by atoms with Gasteiger partial charge in [-0.25, -0.2) is 13.1 Å². The van der Waals surface area contributed by atoms with Crippen LogP contribution in [0.15, 0.2) is 14.1 Å². The van der Waals surface area contributed by atoms with Crippen LogP contribution in [0.4, 0.5) is 0 Å². The van der Waals surface area contributed by atoms with E-state index in [-0.39, 0.29) is 28.6 Å². The summed E-state index contributed by atoms with van der Waals surface area (Å²) in [7, 11) is -3.63. The van der Waals surface area contributed by atoms with Crippen molar-refractivity contribution < 1.29 is 13.2 Å². The molecule has 5 nitrogen and oxygen atoms in total. The summed E-state index contributed by atoms with van der Waals surface area (Å²) in [5.41, 5.74) is -0.331. The molecule has 0 fully saturated rings. The van der Waals surface area contributed by atoms with Gasteiger partial charge in [0.25, 0.3) is 0 Å². The summed E-state index contributed by atoms with van der Waals surface area (Å²) >= 11 is 9.99. The van der Waals surface area contributed by atoms with Crippen LogP contribution >= 0.6 is 38.9 Å². The van der Waals surface area contributed by atoms with E-state index in [2.05, 4.69) is 26.0 Å². The van der Waals surface area contributed by atoms with Crippen LogP contribution in [0.3, 0.4) is 0 Å². The lowest BCUT2D eigenvalue weighted by molar-refractivity contribution is -0.122. The van der Waals surface area contributed by atoms with Crippen LogP contribution < -0.4 is 10.0 Å². The molecule has 0 aliphatic rings. The summed E-state index contributed by atoms with van der Waals surface area (Å²) in [6.07, 6.45) is 0.0801. The van der Waals surface area contributed by atoms with E-state index in [1.807, 2.05) is 20.8 Å². The Kier molecular flexibility index (Phi) is 6.03. The zero-order chi connectivity index (χ0) is 15.6. The average molecular weight is 404 g/mol. The third-order valence-corrected chi connectivity index (χ3v) is 6.46. The first-order valence-electron chi connectivity index (χ1n) is 5.77. The van der Waals surface area contributed by atoms with E-state index < -0.39 is 10.0 Å². The van der Waals surface area contributed by atoms with Gasteiger partial charge >= 0.3 is 0 Å². The van der Waals surface area contributed by atoms with Crippen molar-refractivity contribution in [1.82, 2.24) is 10.0 Å². The van der Waals surface area contributed by atoms with Crippen LogP contribution in [0.5, 0.6) is 0 Å². The summed E-state index contributed by atoms with van der Waals surface area (Å²) in [6.45, 7) is 5.62. The number of nitrogens with one attached hydrogen (secondary N) is 2. The molecule has 20 heavy (non-hydrogen) atoms. The van der Waals surface area contributed by atoms with Crippen LogP contribution in [0.2, 0.25) is 5.02 Å². The third kappa shape index (κ3) is 5.69. The van der Waals surface area contributed by atoms with Gasteiger partial charge < -0.3 is 5.32 Å². The van der Waals surface area contributed by atoms with Crippen molar-refractivity contribution in [2.75, 3.05) is 6.54 Å². The molecule has 0 aliphatic carbocycles. The summed E-state index contributed by atoms with van der Waals surface area (Å²) in [5, 5.41) is 3.11. The molecule has 0 aliphatic heterocycles. The van der Waals surface area contributed by atoms with Crippen molar-refractivity contribution >= 4 is 54.8 Å². The Labute approximate surface area is 136 Å². The number of hydrogen-bond donors (Lipinski definition) is 2. The van der Waals surface area contributed by atoms with Crippen molar-refractivity contribution in [2.24, 2.45) is 0 Å². The molecule has 0 spiro atoms. The monoisotopic (exact) mass is 402 g/mol. The van der Waals surface area contributed by atoms with Crippen LogP contribution in [-0.4, -0.2) is 26.4 Å². The second-order valence-electron chi connectivity index (χ2n) is 5.13. The molecule has 0 saturated carbocycles. The molecule has 9 heteroatoms. The zero-order valence-corrected chi connectivity index (χ0v) is 15.3. The maximum atomic E-state index is 12.0. The molecule has 114 valence electrons. The lowest BCUT2D eigenvalue weighted by Gasteiger charge is -2.20. The van der Waals surface area contributed by atoms with E-state index in [0.717, 1.165) is 11.3 Å². The molecule has 0 saturated heterocycles. The molecule has 2 N–H and O–H groups in total. The fraction of sp³-hybridized carbons (Fsp3) is 0.545. The van der Waals surface area contributed by atoms with Gasteiger partial charge in [-0.05, 0) is 42.8 Å². The van der Waals surface area contributed by atoms with E-state index >= 15 is 0 Å². The first-order valence-corrected chi connectivity index (χ1v) is 9.24. The fourth-order valence-electron chi connectivity index (χ4n) is 1.31. The van der Waals surface area contributed by atoms with Crippen LogP contribution in [0.1, 0.15) is 27.2 Å². The van der Waals surface area contributed by atoms with Gasteiger partial charge in [0.2, 0.25) is 15.9 Å². The standard InChI is InChI=1S/C11H16BrClN2O3S2/c1-11(2,3)15-8(16)4-5-14-20(17,18)9-6-7(13)10(12)19-9/h6,14H,4-5H2,1-3H3,(H,15,16). The Hall–Kier alpha value is -0.150. The van der Waals surface area contributed by atoms with Crippen molar-refractivity contribution in [2.45, 2.75) is 36.9 Å². The maximum absolute atomic E-state index is 12.0. The number of rotatable bonds is 5. The van der Waals surface area contributed by atoms with Crippen LogP contribution in [-0.2, 0) is 14.8 Å². The number of halogens is 2. The van der Waals surface area contributed by atoms with E-state index in [0.29, 0.717) is 8.81 Å². The van der Waals surface area contributed by atoms with E-state index in [9.17, 15) is 13.2 Å². The lowest BCUT2D eigenvalue weighted by atomic mass is 10.1. The first kappa shape index (κ1) is 17.9. The summed E-state index contributed by atoms with van der Waals surface area (Å²) < 4.78 is 27.0. The van der Waals surface area contributed by atoms with Gasteiger partial charge in [0.05, 0.1) is 8.81 Å². The highest BCUT2D eigenvalue weighted by molar-refractivity contribution is 9.11. The predicted molar refractivity (Wildman–Crippen MR) is 84.7 cm³/mol. The van der Waals surface area contributed by atoms with E-state index in [4.69, 9.17) is 11.6 Å². The lowest BCUT2D eigenvalue weighted by Crippen LogP contribution is -2.41. The second kappa shape index (κ2) is 6.74. The van der Waals surface area contributed by atoms with Gasteiger partial charge in [-0.1, -0.05) is 11.6 Å². The molecular weight excluding hydrogens is 388 g/mol. The van der Waals surface area contributed by atoms with Crippen molar-refractivity contribution in [3.8, 4) is 0 Å². The highest BCUT2D eigenvalue weighted by Crippen LogP contribution is 2.34. The van der Waals surface area contributed by atoms with Crippen LogP contribution in [0, 0.1) is 0 Å². The van der Waals surface area contributed by atoms with Crippen molar-refractivity contribution in [3.05, 3.63) is 14.9 Å². The first-order chi connectivity index (χ1) is 9.01. The maximum Gasteiger partial charge on any atom is 0.250 e. The molecule has 1 aromatic heterocycles. The van der Waals surface area contributed by atoms with Gasteiger partial charge in [0, 0.05) is 18.5 Å². The quantitative estimate of drug-likeness (QED) is 0.794. The second-order valence-corrected chi connectivity index (χ2v) is 9.90. The van der Waals surface area contributed by atoms with E-state index in [1.165, 1.54) is 6.07 Å². The van der Waals surface area contributed by atoms with Gasteiger partial charge in [0.15, 0.2) is 0 Å². The number of hydrogen-bond acceptors (Lipinski definition) is 4.